The highest BCUT2D eigenvalue weighted by atomic mass is 35.5. The summed E-state index contributed by atoms with van der Waals surface area (Å²) in [5.41, 5.74) is 1.61. The largest absolute Gasteiger partial charge is 0.356 e. The number of aromatic nitrogens is 2. The van der Waals surface area contributed by atoms with E-state index in [4.69, 9.17) is 28.2 Å². The lowest BCUT2D eigenvalue weighted by Gasteiger charge is -2.19. The van der Waals surface area contributed by atoms with Crippen LogP contribution in [-0.2, 0) is 0 Å². The minimum atomic E-state index is 0.623. The number of halogens is 2. The highest BCUT2D eigenvalue weighted by molar-refractivity contribution is 6.35. The number of hydrogen-bond donors (Lipinski definition) is 0. The molecule has 1 aliphatic heterocycles. The molecule has 0 aliphatic carbocycles. The third kappa shape index (κ3) is 2.64. The molecule has 1 fully saturated rings. The maximum atomic E-state index is 6.39. The van der Waals surface area contributed by atoms with E-state index in [1.165, 1.54) is 12.8 Å². The molecular weight excluding hydrogens is 329 g/mol. The number of benzene rings is 2. The summed E-state index contributed by atoms with van der Waals surface area (Å²) >= 11 is 12.7. The van der Waals surface area contributed by atoms with E-state index in [-0.39, 0.29) is 0 Å². The molecule has 2 aromatic carbocycles. The third-order valence-corrected chi connectivity index (χ3v) is 4.81. The van der Waals surface area contributed by atoms with E-state index < -0.39 is 0 Å². The van der Waals surface area contributed by atoms with Crippen LogP contribution >= 0.6 is 23.2 Å². The van der Waals surface area contributed by atoms with Crippen LogP contribution in [0.15, 0.2) is 42.5 Å². The lowest BCUT2D eigenvalue weighted by molar-refractivity contribution is 0.941. The molecule has 4 rings (SSSR count). The summed E-state index contributed by atoms with van der Waals surface area (Å²) in [7, 11) is 0. The highest BCUT2D eigenvalue weighted by Crippen LogP contribution is 2.34. The first kappa shape index (κ1) is 14.7. The number of para-hydroxylation sites is 1. The van der Waals surface area contributed by atoms with Crippen LogP contribution in [0.2, 0.25) is 10.0 Å². The second-order valence-electron chi connectivity index (χ2n) is 5.68. The average Bonchev–Trinajstić information content (AvgIpc) is 3.09. The summed E-state index contributed by atoms with van der Waals surface area (Å²) in [5, 5.41) is 2.28. The zero-order chi connectivity index (χ0) is 15.8. The highest BCUT2D eigenvalue weighted by Gasteiger charge is 2.20. The van der Waals surface area contributed by atoms with Crippen molar-refractivity contribution < 1.29 is 0 Å². The number of rotatable bonds is 2. The van der Waals surface area contributed by atoms with Crippen molar-refractivity contribution in [2.45, 2.75) is 12.8 Å². The molecule has 0 atom stereocenters. The number of hydrogen-bond acceptors (Lipinski definition) is 3. The Hall–Kier alpha value is -1.84. The maximum Gasteiger partial charge on any atom is 0.163 e. The van der Waals surface area contributed by atoms with Gasteiger partial charge < -0.3 is 4.90 Å². The first-order valence-corrected chi connectivity index (χ1v) is 8.46. The van der Waals surface area contributed by atoms with Crippen molar-refractivity contribution in [2.24, 2.45) is 0 Å². The van der Waals surface area contributed by atoms with Gasteiger partial charge in [-0.2, -0.15) is 0 Å². The van der Waals surface area contributed by atoms with Gasteiger partial charge in [0.05, 0.1) is 15.6 Å². The fourth-order valence-corrected chi connectivity index (χ4v) is 3.47. The average molecular weight is 344 g/mol. The molecule has 5 heteroatoms. The van der Waals surface area contributed by atoms with E-state index in [2.05, 4.69) is 9.88 Å². The molecule has 0 amide bonds. The van der Waals surface area contributed by atoms with Gasteiger partial charge in [-0.3, -0.25) is 0 Å². The lowest BCUT2D eigenvalue weighted by Crippen LogP contribution is -2.20. The quantitative estimate of drug-likeness (QED) is 0.639. The first-order chi connectivity index (χ1) is 11.2. The van der Waals surface area contributed by atoms with Crippen LogP contribution in [0, 0.1) is 0 Å². The fourth-order valence-electron chi connectivity index (χ4n) is 3.03. The van der Waals surface area contributed by atoms with Gasteiger partial charge in [-0.25, -0.2) is 9.97 Å². The lowest BCUT2D eigenvalue weighted by atomic mass is 10.1. The molecular formula is C18H15Cl2N3. The molecule has 1 aromatic heterocycles. The summed E-state index contributed by atoms with van der Waals surface area (Å²) in [6, 6.07) is 13.5. The van der Waals surface area contributed by atoms with Gasteiger partial charge in [0.1, 0.15) is 5.82 Å². The number of nitrogens with zero attached hydrogens (tertiary/aromatic N) is 3. The summed E-state index contributed by atoms with van der Waals surface area (Å²) in [5.74, 6) is 1.57. The van der Waals surface area contributed by atoms with Gasteiger partial charge in [0, 0.05) is 24.0 Å². The second kappa shape index (κ2) is 5.99. The Kier molecular flexibility index (Phi) is 3.83. The Bertz CT molecular complexity index is 873. The van der Waals surface area contributed by atoms with Crippen molar-refractivity contribution in [3.63, 3.8) is 0 Å². The van der Waals surface area contributed by atoms with Gasteiger partial charge in [0.2, 0.25) is 0 Å². The van der Waals surface area contributed by atoms with Crippen LogP contribution in [0.25, 0.3) is 22.3 Å². The van der Waals surface area contributed by atoms with Crippen molar-refractivity contribution in [3.05, 3.63) is 52.5 Å². The van der Waals surface area contributed by atoms with E-state index in [0.717, 1.165) is 35.4 Å². The SMILES string of the molecule is Clc1ccccc1-c1nc(N2CCCC2)c2cccc(Cl)c2n1. The number of anilines is 1. The predicted molar refractivity (Wildman–Crippen MR) is 96.4 cm³/mol. The van der Waals surface area contributed by atoms with Gasteiger partial charge >= 0.3 is 0 Å². The van der Waals surface area contributed by atoms with Gasteiger partial charge in [0.25, 0.3) is 0 Å². The van der Waals surface area contributed by atoms with Crippen LogP contribution in [0.4, 0.5) is 5.82 Å². The molecule has 0 bridgehead atoms. The summed E-state index contributed by atoms with van der Waals surface area (Å²) in [6.07, 6.45) is 2.38. The second-order valence-corrected chi connectivity index (χ2v) is 6.50. The van der Waals surface area contributed by atoms with Crippen LogP contribution < -0.4 is 4.90 Å². The molecule has 0 radical (unpaired) electrons. The first-order valence-electron chi connectivity index (χ1n) is 7.70. The molecule has 2 heterocycles. The smallest absolute Gasteiger partial charge is 0.163 e. The normalized spacial score (nSPS) is 14.6. The molecule has 0 spiro atoms. The van der Waals surface area contributed by atoms with E-state index in [1.54, 1.807) is 0 Å². The summed E-state index contributed by atoms with van der Waals surface area (Å²) in [6.45, 7) is 2.03. The molecule has 0 unspecified atom stereocenters. The zero-order valence-corrected chi connectivity index (χ0v) is 14.0. The Morgan fingerprint density at radius 3 is 2.35 bits per heavy atom. The predicted octanol–water partition coefficient (Wildman–Crippen LogP) is 5.20. The Morgan fingerprint density at radius 1 is 0.826 bits per heavy atom. The molecule has 1 aliphatic rings. The van der Waals surface area contributed by atoms with Gasteiger partial charge in [-0.05, 0) is 37.1 Å². The van der Waals surface area contributed by atoms with Gasteiger partial charge in [-0.15, -0.1) is 0 Å². The van der Waals surface area contributed by atoms with Gasteiger partial charge in [0.15, 0.2) is 5.82 Å². The van der Waals surface area contributed by atoms with E-state index in [9.17, 15) is 0 Å². The Morgan fingerprint density at radius 2 is 1.57 bits per heavy atom. The zero-order valence-electron chi connectivity index (χ0n) is 12.5. The van der Waals surface area contributed by atoms with Crippen molar-refractivity contribution in [1.82, 2.24) is 9.97 Å². The summed E-state index contributed by atoms with van der Waals surface area (Å²) in [4.78, 5) is 11.8. The van der Waals surface area contributed by atoms with Crippen LogP contribution in [-0.4, -0.2) is 23.1 Å². The van der Waals surface area contributed by atoms with E-state index >= 15 is 0 Å². The molecule has 0 N–H and O–H groups in total. The molecule has 0 saturated carbocycles. The fraction of sp³-hybridized carbons (Fsp3) is 0.222. The topological polar surface area (TPSA) is 29.0 Å². The van der Waals surface area contributed by atoms with Crippen LogP contribution in [0.1, 0.15) is 12.8 Å². The monoisotopic (exact) mass is 343 g/mol. The maximum absolute atomic E-state index is 6.39. The van der Waals surface area contributed by atoms with E-state index in [1.807, 2.05) is 42.5 Å². The molecule has 116 valence electrons. The van der Waals surface area contributed by atoms with E-state index in [0.29, 0.717) is 15.9 Å². The van der Waals surface area contributed by atoms with Crippen molar-refractivity contribution in [2.75, 3.05) is 18.0 Å². The Labute approximate surface area is 144 Å². The van der Waals surface area contributed by atoms with Crippen LogP contribution in [0.3, 0.4) is 0 Å². The standard InChI is InChI=1S/C18H15Cl2N3/c19-14-8-2-1-6-12(14)17-21-16-13(7-5-9-15(16)20)18(22-17)23-10-3-4-11-23/h1-2,5-9H,3-4,10-11H2. The molecule has 3 aromatic rings. The molecule has 3 nitrogen and oxygen atoms in total. The molecule has 23 heavy (non-hydrogen) atoms. The minimum Gasteiger partial charge on any atom is -0.356 e. The molecule has 1 saturated heterocycles. The third-order valence-electron chi connectivity index (χ3n) is 4.18. The van der Waals surface area contributed by atoms with Crippen LogP contribution in [0.5, 0.6) is 0 Å². The Balaban J connectivity index is 1.99. The van der Waals surface area contributed by atoms with Crippen molar-refractivity contribution >= 4 is 39.9 Å². The van der Waals surface area contributed by atoms with Crippen molar-refractivity contribution in [1.29, 1.82) is 0 Å². The number of fused-ring (bicyclic) bond motifs is 1. The minimum absolute atomic E-state index is 0.623. The van der Waals surface area contributed by atoms with Crippen molar-refractivity contribution in [3.8, 4) is 11.4 Å². The van der Waals surface area contributed by atoms with Gasteiger partial charge in [-0.1, -0.05) is 41.4 Å². The summed E-state index contributed by atoms with van der Waals surface area (Å²) < 4.78 is 0.